The van der Waals surface area contributed by atoms with Crippen LogP contribution in [0.15, 0.2) is 60.8 Å². The van der Waals surface area contributed by atoms with Crippen molar-refractivity contribution in [2.75, 3.05) is 6.61 Å². The molecule has 0 aromatic carbocycles. The van der Waals surface area contributed by atoms with E-state index in [4.69, 9.17) is 0 Å². The number of rotatable bonds is 54. The van der Waals surface area contributed by atoms with Crippen molar-refractivity contribution in [2.45, 2.75) is 321 Å². The van der Waals surface area contributed by atoms with Crippen LogP contribution in [-0.2, 0) is 4.79 Å². The number of unbranched alkanes of at least 4 members (excludes halogenated alkanes) is 39. The van der Waals surface area contributed by atoms with Crippen LogP contribution in [0.4, 0.5) is 0 Å². The van der Waals surface area contributed by atoms with Crippen molar-refractivity contribution in [3.8, 4) is 0 Å². The van der Waals surface area contributed by atoms with Gasteiger partial charge in [0.05, 0.1) is 18.8 Å². The number of hydrogen-bond donors (Lipinski definition) is 3. The largest absolute Gasteiger partial charge is 0.394 e. The van der Waals surface area contributed by atoms with Gasteiger partial charge in [-0.15, -0.1) is 0 Å². The standard InChI is InChI=1S/C62H115NO3/c1-3-5-7-9-11-13-15-17-19-21-23-25-26-27-28-29-30-31-32-33-34-35-36-38-40-42-44-46-48-50-52-54-56-58-62(66)63-60(59-64)61(65)57-55-53-51-49-47-45-43-41-39-37-24-22-20-18-16-14-12-10-8-6-4-2/h23,25,27-28,39,41,47,49,55,57,60-61,64-65H,3-22,24,26,29-38,40,42-46,48,50-54,56,58-59H2,1-2H3,(H,63,66)/b25-23-,28-27-,41-39+,49-47+,57-55+. The summed E-state index contributed by atoms with van der Waals surface area (Å²) in [6, 6.07) is -0.647. The third-order valence-corrected chi connectivity index (χ3v) is 13.5. The maximum Gasteiger partial charge on any atom is 0.220 e. The highest BCUT2D eigenvalue weighted by Crippen LogP contribution is 2.16. The normalized spacial score (nSPS) is 13.2. The van der Waals surface area contributed by atoms with Gasteiger partial charge in [0, 0.05) is 6.42 Å². The first-order valence-electron chi connectivity index (χ1n) is 29.5. The van der Waals surface area contributed by atoms with Gasteiger partial charge in [-0.3, -0.25) is 4.79 Å². The highest BCUT2D eigenvalue weighted by Gasteiger charge is 2.18. The second kappa shape index (κ2) is 57.4. The van der Waals surface area contributed by atoms with Crippen LogP contribution in [0.1, 0.15) is 309 Å². The summed E-state index contributed by atoms with van der Waals surface area (Å²) in [5.41, 5.74) is 0. The number of nitrogens with one attached hydrogen (secondary N) is 1. The third kappa shape index (κ3) is 53.1. The van der Waals surface area contributed by atoms with Crippen molar-refractivity contribution in [1.29, 1.82) is 0 Å². The fraction of sp³-hybridized carbons (Fsp3) is 0.823. The topological polar surface area (TPSA) is 69.6 Å². The Hall–Kier alpha value is -1.91. The zero-order valence-corrected chi connectivity index (χ0v) is 44.5. The molecule has 0 spiro atoms. The molecule has 0 rings (SSSR count). The molecule has 0 aliphatic heterocycles. The van der Waals surface area contributed by atoms with Crippen LogP contribution in [0.5, 0.6) is 0 Å². The van der Waals surface area contributed by atoms with Gasteiger partial charge in [-0.1, -0.05) is 286 Å². The van der Waals surface area contributed by atoms with E-state index in [1.54, 1.807) is 6.08 Å². The Labute approximate surface area is 413 Å². The molecule has 0 aromatic rings. The summed E-state index contributed by atoms with van der Waals surface area (Å²) in [6.45, 7) is 4.32. The molecule has 0 bridgehead atoms. The molecule has 66 heavy (non-hydrogen) atoms. The summed E-state index contributed by atoms with van der Waals surface area (Å²) in [6.07, 6.45) is 81.1. The molecule has 3 N–H and O–H groups in total. The molecule has 0 saturated heterocycles. The first-order chi connectivity index (χ1) is 32.7. The molecule has 0 aliphatic carbocycles. The Balaban J connectivity index is 3.51. The number of carbonyl (C=O) groups excluding carboxylic acids is 1. The van der Waals surface area contributed by atoms with Crippen molar-refractivity contribution in [3.63, 3.8) is 0 Å². The van der Waals surface area contributed by atoms with Crippen LogP contribution < -0.4 is 5.32 Å². The number of carbonyl (C=O) groups is 1. The number of aliphatic hydroxyl groups is 2. The van der Waals surface area contributed by atoms with Crippen molar-refractivity contribution in [2.24, 2.45) is 0 Å². The lowest BCUT2D eigenvalue weighted by atomic mass is 10.0. The third-order valence-electron chi connectivity index (χ3n) is 13.5. The fourth-order valence-corrected chi connectivity index (χ4v) is 8.95. The summed E-state index contributed by atoms with van der Waals surface area (Å²) >= 11 is 0. The average Bonchev–Trinajstić information content (AvgIpc) is 3.32. The molecule has 4 nitrogen and oxygen atoms in total. The molecule has 0 fully saturated rings. The van der Waals surface area contributed by atoms with Crippen LogP contribution in [0, 0.1) is 0 Å². The number of aliphatic hydroxyl groups excluding tert-OH is 2. The van der Waals surface area contributed by atoms with Crippen molar-refractivity contribution in [3.05, 3.63) is 60.8 Å². The quantitative estimate of drug-likeness (QED) is 0.0420. The molecule has 0 radical (unpaired) electrons. The molecule has 2 atom stereocenters. The van der Waals surface area contributed by atoms with Crippen LogP contribution in [-0.4, -0.2) is 34.9 Å². The Morgan fingerprint density at radius 1 is 0.364 bits per heavy atom. The van der Waals surface area contributed by atoms with Gasteiger partial charge in [0.1, 0.15) is 0 Å². The van der Waals surface area contributed by atoms with Gasteiger partial charge >= 0.3 is 0 Å². The van der Waals surface area contributed by atoms with Gasteiger partial charge in [0.2, 0.25) is 5.91 Å². The lowest BCUT2D eigenvalue weighted by molar-refractivity contribution is -0.123. The summed E-state index contributed by atoms with van der Waals surface area (Å²) in [7, 11) is 0. The van der Waals surface area contributed by atoms with Crippen molar-refractivity contribution < 1.29 is 15.0 Å². The van der Waals surface area contributed by atoms with Gasteiger partial charge in [0.15, 0.2) is 0 Å². The summed E-state index contributed by atoms with van der Waals surface area (Å²) in [5.74, 6) is -0.0751. The minimum absolute atomic E-state index is 0.0751. The lowest BCUT2D eigenvalue weighted by Gasteiger charge is -2.19. The lowest BCUT2D eigenvalue weighted by Crippen LogP contribution is -2.45. The first kappa shape index (κ1) is 64.1. The van der Waals surface area contributed by atoms with Gasteiger partial charge < -0.3 is 15.5 Å². The van der Waals surface area contributed by atoms with Crippen LogP contribution >= 0.6 is 0 Å². The molecular formula is C62H115NO3. The van der Waals surface area contributed by atoms with Gasteiger partial charge in [-0.05, 0) is 77.0 Å². The van der Waals surface area contributed by atoms with Gasteiger partial charge in [0.25, 0.3) is 0 Å². The minimum Gasteiger partial charge on any atom is -0.394 e. The second-order valence-corrected chi connectivity index (χ2v) is 20.0. The van der Waals surface area contributed by atoms with Gasteiger partial charge in [-0.2, -0.15) is 0 Å². The average molecular weight is 923 g/mol. The smallest absolute Gasteiger partial charge is 0.220 e. The Morgan fingerprint density at radius 2 is 0.636 bits per heavy atom. The monoisotopic (exact) mass is 922 g/mol. The molecule has 0 saturated carbocycles. The predicted octanol–water partition coefficient (Wildman–Crippen LogP) is 19.6. The maximum atomic E-state index is 12.5. The summed E-state index contributed by atoms with van der Waals surface area (Å²) in [5, 5.41) is 23.1. The molecule has 2 unspecified atom stereocenters. The van der Waals surface area contributed by atoms with E-state index < -0.39 is 12.1 Å². The molecule has 0 heterocycles. The number of amides is 1. The number of allylic oxidation sites excluding steroid dienone is 9. The van der Waals surface area contributed by atoms with E-state index in [1.165, 1.54) is 244 Å². The summed E-state index contributed by atoms with van der Waals surface area (Å²) < 4.78 is 0. The van der Waals surface area contributed by atoms with Crippen molar-refractivity contribution in [1.82, 2.24) is 5.32 Å². The van der Waals surface area contributed by atoms with Crippen LogP contribution in [0.2, 0.25) is 0 Å². The van der Waals surface area contributed by atoms with Crippen LogP contribution in [0.3, 0.4) is 0 Å². The van der Waals surface area contributed by atoms with Crippen LogP contribution in [0.25, 0.3) is 0 Å². The van der Waals surface area contributed by atoms with E-state index in [2.05, 4.69) is 67.8 Å². The first-order valence-corrected chi connectivity index (χ1v) is 29.5. The van der Waals surface area contributed by atoms with E-state index in [0.717, 1.165) is 44.9 Å². The van der Waals surface area contributed by atoms with Crippen molar-refractivity contribution >= 4 is 5.91 Å². The Morgan fingerprint density at radius 3 is 0.970 bits per heavy atom. The molecule has 386 valence electrons. The van der Waals surface area contributed by atoms with E-state index in [1.807, 2.05) is 6.08 Å². The maximum absolute atomic E-state index is 12.5. The SMILES string of the molecule is CCCCCCCCCCC/C=C\C/C=C\CCCCCCCCCCCCCCCCCCCC(=O)NC(CO)C(O)/C=C/CC/C=C/CC/C=C/CCCCCCCCCCCCC. The van der Waals surface area contributed by atoms with E-state index in [-0.39, 0.29) is 12.5 Å². The number of hydrogen-bond acceptors (Lipinski definition) is 3. The molecular weight excluding hydrogens is 807 g/mol. The summed E-state index contributed by atoms with van der Waals surface area (Å²) in [4.78, 5) is 12.5. The molecule has 0 aliphatic rings. The Kier molecular flexibility index (Phi) is 55.7. The minimum atomic E-state index is -0.872. The van der Waals surface area contributed by atoms with E-state index >= 15 is 0 Å². The molecule has 4 heteroatoms. The highest BCUT2D eigenvalue weighted by atomic mass is 16.3. The molecule has 0 aromatic heterocycles. The predicted molar refractivity (Wildman–Crippen MR) is 294 cm³/mol. The fourth-order valence-electron chi connectivity index (χ4n) is 8.95. The second-order valence-electron chi connectivity index (χ2n) is 20.0. The highest BCUT2D eigenvalue weighted by molar-refractivity contribution is 5.76. The van der Waals surface area contributed by atoms with E-state index in [9.17, 15) is 15.0 Å². The van der Waals surface area contributed by atoms with Gasteiger partial charge in [-0.25, -0.2) is 0 Å². The molecule has 1 amide bonds. The van der Waals surface area contributed by atoms with E-state index in [0.29, 0.717) is 6.42 Å². The zero-order chi connectivity index (χ0) is 47.7. The zero-order valence-electron chi connectivity index (χ0n) is 44.5. The Bertz CT molecular complexity index is 1090.